The van der Waals surface area contributed by atoms with Gasteiger partial charge in [-0.05, 0) is 17.5 Å². The number of aromatic amines is 1. The first-order valence-electron chi connectivity index (χ1n) is 5.90. The third-order valence-corrected chi connectivity index (χ3v) is 2.91. The lowest BCUT2D eigenvalue weighted by Gasteiger charge is -2.20. The first kappa shape index (κ1) is 11.9. The molecule has 17 heavy (non-hydrogen) atoms. The van der Waals surface area contributed by atoms with E-state index in [1.807, 2.05) is 24.4 Å². The van der Waals surface area contributed by atoms with Gasteiger partial charge in [0.1, 0.15) is 5.82 Å². The molecule has 0 aliphatic rings. The van der Waals surface area contributed by atoms with E-state index in [4.69, 9.17) is 5.73 Å². The summed E-state index contributed by atoms with van der Waals surface area (Å²) in [6.07, 6.45) is 2.76. The second kappa shape index (κ2) is 4.72. The summed E-state index contributed by atoms with van der Waals surface area (Å²) in [6.45, 7) is 4.96. The lowest BCUT2D eigenvalue weighted by Crippen LogP contribution is -2.26. The molecule has 0 bridgehead atoms. The number of H-pyrrole nitrogens is 1. The molecule has 2 aromatic rings. The minimum atomic E-state index is 0.0891. The third kappa shape index (κ3) is 2.94. The van der Waals surface area contributed by atoms with E-state index in [0.717, 1.165) is 23.5 Å². The van der Waals surface area contributed by atoms with Crippen molar-refractivity contribution >= 4 is 0 Å². The van der Waals surface area contributed by atoms with E-state index in [1.54, 1.807) is 0 Å². The molecular weight excluding hydrogens is 210 g/mol. The smallest absolute Gasteiger partial charge is 0.107 e. The molecule has 0 saturated carbocycles. The van der Waals surface area contributed by atoms with Gasteiger partial charge in [-0.15, -0.1) is 0 Å². The molecule has 0 unspecified atom stereocenters. The maximum absolute atomic E-state index is 5.73. The molecule has 3 heteroatoms. The number of benzene rings is 1. The van der Waals surface area contributed by atoms with Crippen molar-refractivity contribution in [3.8, 4) is 11.3 Å². The average Bonchev–Trinajstić information content (AvgIpc) is 2.78. The van der Waals surface area contributed by atoms with Gasteiger partial charge in [0.15, 0.2) is 0 Å². The van der Waals surface area contributed by atoms with Crippen molar-refractivity contribution in [3.63, 3.8) is 0 Å². The molecule has 0 aliphatic heterocycles. The lowest BCUT2D eigenvalue weighted by molar-refractivity contribution is 0.369. The van der Waals surface area contributed by atoms with Crippen molar-refractivity contribution in [2.75, 3.05) is 6.54 Å². The Labute approximate surface area is 102 Å². The van der Waals surface area contributed by atoms with Crippen molar-refractivity contribution in [2.45, 2.75) is 20.3 Å². The minimum absolute atomic E-state index is 0.0891. The molecule has 1 heterocycles. The number of nitrogens with zero attached hydrogens (tertiary/aromatic N) is 1. The quantitative estimate of drug-likeness (QED) is 0.846. The molecule has 1 aromatic heterocycles. The number of hydrogen-bond acceptors (Lipinski definition) is 2. The van der Waals surface area contributed by atoms with Gasteiger partial charge in [-0.2, -0.15) is 0 Å². The average molecular weight is 229 g/mol. The summed E-state index contributed by atoms with van der Waals surface area (Å²) in [7, 11) is 0. The Balaban J connectivity index is 2.17. The van der Waals surface area contributed by atoms with Crippen LogP contribution < -0.4 is 5.73 Å². The number of nitrogens with two attached hydrogens (primary N) is 1. The van der Waals surface area contributed by atoms with Gasteiger partial charge >= 0.3 is 0 Å². The highest BCUT2D eigenvalue weighted by Crippen LogP contribution is 2.21. The van der Waals surface area contributed by atoms with E-state index in [-0.39, 0.29) is 5.41 Å². The van der Waals surface area contributed by atoms with E-state index in [1.165, 1.54) is 0 Å². The molecule has 3 nitrogen and oxygen atoms in total. The number of rotatable bonds is 4. The van der Waals surface area contributed by atoms with Crippen LogP contribution in [0.5, 0.6) is 0 Å². The fourth-order valence-corrected chi connectivity index (χ4v) is 1.74. The molecule has 0 amide bonds. The molecule has 2 rings (SSSR count). The fraction of sp³-hybridized carbons (Fsp3) is 0.357. The Morgan fingerprint density at radius 1 is 1.24 bits per heavy atom. The van der Waals surface area contributed by atoms with Crippen LogP contribution in [0.15, 0.2) is 36.5 Å². The molecule has 0 atom stereocenters. The molecule has 0 fully saturated rings. The van der Waals surface area contributed by atoms with Crippen LogP contribution in [0, 0.1) is 5.41 Å². The molecule has 0 saturated heterocycles. The second-order valence-corrected chi connectivity index (χ2v) is 5.15. The van der Waals surface area contributed by atoms with Crippen LogP contribution in [0.25, 0.3) is 11.3 Å². The van der Waals surface area contributed by atoms with Crippen LogP contribution >= 0.6 is 0 Å². The van der Waals surface area contributed by atoms with Crippen LogP contribution in [-0.4, -0.2) is 16.5 Å². The highest BCUT2D eigenvalue weighted by atomic mass is 14.9. The molecular formula is C14H19N3. The lowest BCUT2D eigenvalue weighted by atomic mass is 9.89. The first-order chi connectivity index (χ1) is 8.11. The molecule has 0 radical (unpaired) electrons. The Kier molecular flexibility index (Phi) is 3.29. The summed E-state index contributed by atoms with van der Waals surface area (Å²) >= 11 is 0. The minimum Gasteiger partial charge on any atom is -0.342 e. The predicted octanol–water partition coefficient (Wildman–Crippen LogP) is 2.60. The SMILES string of the molecule is CC(C)(CN)Cc1ncc(-c2ccccc2)[nH]1. The zero-order valence-corrected chi connectivity index (χ0v) is 10.4. The van der Waals surface area contributed by atoms with E-state index >= 15 is 0 Å². The maximum atomic E-state index is 5.73. The maximum Gasteiger partial charge on any atom is 0.107 e. The Hall–Kier alpha value is -1.61. The summed E-state index contributed by atoms with van der Waals surface area (Å²) in [6, 6.07) is 10.2. The Morgan fingerprint density at radius 3 is 2.59 bits per heavy atom. The standard InChI is InChI=1S/C14H19N3/c1-14(2,10-15)8-13-16-9-12(17-13)11-6-4-3-5-7-11/h3-7,9H,8,10,15H2,1-2H3,(H,16,17). The van der Waals surface area contributed by atoms with E-state index in [0.29, 0.717) is 6.54 Å². The summed E-state index contributed by atoms with van der Waals surface area (Å²) < 4.78 is 0. The van der Waals surface area contributed by atoms with Crippen LogP contribution in [0.3, 0.4) is 0 Å². The van der Waals surface area contributed by atoms with Gasteiger partial charge in [0.25, 0.3) is 0 Å². The summed E-state index contributed by atoms with van der Waals surface area (Å²) in [5.41, 5.74) is 8.05. The van der Waals surface area contributed by atoms with Crippen LogP contribution in [0.4, 0.5) is 0 Å². The summed E-state index contributed by atoms with van der Waals surface area (Å²) in [5.74, 6) is 0.999. The van der Waals surface area contributed by atoms with E-state index in [2.05, 4.69) is 35.9 Å². The van der Waals surface area contributed by atoms with Crippen molar-refractivity contribution in [2.24, 2.45) is 11.1 Å². The highest BCUT2D eigenvalue weighted by molar-refractivity contribution is 5.57. The van der Waals surface area contributed by atoms with Crippen molar-refractivity contribution in [1.82, 2.24) is 9.97 Å². The van der Waals surface area contributed by atoms with Gasteiger partial charge in [-0.25, -0.2) is 4.98 Å². The van der Waals surface area contributed by atoms with Crippen molar-refractivity contribution in [1.29, 1.82) is 0 Å². The van der Waals surface area contributed by atoms with Crippen LogP contribution in [0.2, 0.25) is 0 Å². The summed E-state index contributed by atoms with van der Waals surface area (Å²) in [5, 5.41) is 0. The number of nitrogens with one attached hydrogen (secondary N) is 1. The van der Waals surface area contributed by atoms with Crippen molar-refractivity contribution < 1.29 is 0 Å². The van der Waals surface area contributed by atoms with E-state index in [9.17, 15) is 0 Å². The van der Waals surface area contributed by atoms with Gasteiger partial charge in [-0.1, -0.05) is 44.2 Å². The van der Waals surface area contributed by atoms with Gasteiger partial charge in [-0.3, -0.25) is 0 Å². The predicted molar refractivity (Wildman–Crippen MR) is 70.6 cm³/mol. The number of imidazole rings is 1. The fourth-order valence-electron chi connectivity index (χ4n) is 1.74. The monoisotopic (exact) mass is 229 g/mol. The molecule has 90 valence electrons. The van der Waals surface area contributed by atoms with Gasteiger partial charge in [0.05, 0.1) is 11.9 Å². The topological polar surface area (TPSA) is 54.7 Å². The normalized spacial score (nSPS) is 11.7. The van der Waals surface area contributed by atoms with E-state index < -0.39 is 0 Å². The highest BCUT2D eigenvalue weighted by Gasteiger charge is 2.18. The Morgan fingerprint density at radius 2 is 1.94 bits per heavy atom. The largest absolute Gasteiger partial charge is 0.342 e. The molecule has 0 spiro atoms. The zero-order chi connectivity index (χ0) is 12.3. The third-order valence-electron chi connectivity index (χ3n) is 2.91. The Bertz CT molecular complexity index is 471. The number of aromatic nitrogens is 2. The van der Waals surface area contributed by atoms with Crippen LogP contribution in [0.1, 0.15) is 19.7 Å². The molecule has 1 aromatic carbocycles. The van der Waals surface area contributed by atoms with Gasteiger partial charge in [0, 0.05) is 6.42 Å². The molecule has 3 N–H and O–H groups in total. The zero-order valence-electron chi connectivity index (χ0n) is 10.4. The second-order valence-electron chi connectivity index (χ2n) is 5.15. The first-order valence-corrected chi connectivity index (χ1v) is 5.90. The van der Waals surface area contributed by atoms with Gasteiger partial charge in [0.2, 0.25) is 0 Å². The summed E-state index contributed by atoms with van der Waals surface area (Å²) in [4.78, 5) is 7.77. The van der Waals surface area contributed by atoms with Crippen LogP contribution in [-0.2, 0) is 6.42 Å². The van der Waals surface area contributed by atoms with Gasteiger partial charge < -0.3 is 10.7 Å². The number of hydrogen-bond donors (Lipinski definition) is 2. The van der Waals surface area contributed by atoms with Crippen molar-refractivity contribution in [3.05, 3.63) is 42.4 Å². The molecule has 0 aliphatic carbocycles.